The van der Waals surface area contributed by atoms with Crippen molar-refractivity contribution in [2.45, 2.75) is 26.3 Å². The van der Waals surface area contributed by atoms with Gasteiger partial charge in [-0.15, -0.1) is 0 Å². The van der Waals surface area contributed by atoms with Gasteiger partial charge < -0.3 is 5.73 Å². The molecule has 1 aromatic rings. The van der Waals surface area contributed by atoms with Gasteiger partial charge in [0.15, 0.2) is 0 Å². The van der Waals surface area contributed by atoms with Gasteiger partial charge in [0.05, 0.1) is 6.04 Å². The molecule has 0 aromatic carbocycles. The summed E-state index contributed by atoms with van der Waals surface area (Å²) in [6.45, 7) is 4.08. The zero-order chi connectivity index (χ0) is 9.14. The summed E-state index contributed by atoms with van der Waals surface area (Å²) in [5.41, 5.74) is 5.51. The number of nitrogens with zero attached hydrogens (tertiary/aromatic N) is 1. The van der Waals surface area contributed by atoms with Crippen LogP contribution in [0.1, 0.15) is 32.1 Å². The highest BCUT2D eigenvalue weighted by Gasteiger charge is 2.15. The van der Waals surface area contributed by atoms with Crippen LogP contribution in [0.2, 0.25) is 0 Å². The van der Waals surface area contributed by atoms with Crippen LogP contribution in [0.5, 0.6) is 0 Å². The second kappa shape index (κ2) is 3.53. The normalized spacial score (nSPS) is 15.9. The minimum absolute atomic E-state index is 0.186. The van der Waals surface area contributed by atoms with Gasteiger partial charge in [-0.3, -0.25) is 4.98 Å². The third-order valence-electron chi connectivity index (χ3n) is 2.09. The molecule has 0 bridgehead atoms. The van der Waals surface area contributed by atoms with Gasteiger partial charge >= 0.3 is 5.69 Å². The van der Waals surface area contributed by atoms with Gasteiger partial charge in [-0.2, -0.15) is 5.10 Å². The van der Waals surface area contributed by atoms with Crippen LogP contribution in [0.4, 0.5) is 0 Å². The molecule has 0 saturated heterocycles. The molecule has 68 valence electrons. The zero-order valence-corrected chi connectivity index (χ0v) is 7.29. The first-order valence-corrected chi connectivity index (χ1v) is 4.05. The lowest BCUT2D eigenvalue weighted by Gasteiger charge is -2.14. The summed E-state index contributed by atoms with van der Waals surface area (Å²) >= 11 is 0. The molecule has 0 radical (unpaired) electrons. The quantitative estimate of drug-likeness (QED) is 0.603. The van der Waals surface area contributed by atoms with Crippen molar-refractivity contribution in [2.24, 2.45) is 11.7 Å². The van der Waals surface area contributed by atoms with Crippen LogP contribution >= 0.6 is 0 Å². The van der Waals surface area contributed by atoms with Crippen molar-refractivity contribution in [3.63, 3.8) is 0 Å². The molecule has 2 atom stereocenters. The average Bonchev–Trinajstić information content (AvgIpc) is 2.49. The standard InChI is InChI=1S/C7H14N4O/c1-3-4(2)5(8)6-9-7(12)11-10-6/h4-5H,3,8H2,1-2H3,(H2,9,10,11,12)/t4-,5-/m0/s1. The molecular weight excluding hydrogens is 156 g/mol. The summed E-state index contributed by atoms with van der Waals surface area (Å²) in [5, 5.41) is 6.05. The first-order valence-electron chi connectivity index (χ1n) is 4.05. The SMILES string of the molecule is CC[C@H](C)[C@H](N)c1n[nH]c(=O)[nH]1. The van der Waals surface area contributed by atoms with Crippen molar-refractivity contribution in [2.75, 3.05) is 0 Å². The molecule has 12 heavy (non-hydrogen) atoms. The Morgan fingerprint density at radius 1 is 1.67 bits per heavy atom. The molecule has 0 fully saturated rings. The van der Waals surface area contributed by atoms with Crippen molar-refractivity contribution < 1.29 is 0 Å². The molecule has 0 aliphatic heterocycles. The largest absolute Gasteiger partial charge is 0.340 e. The Hall–Kier alpha value is -1.10. The Labute approximate surface area is 70.4 Å². The van der Waals surface area contributed by atoms with Crippen molar-refractivity contribution in [3.05, 3.63) is 16.3 Å². The van der Waals surface area contributed by atoms with E-state index < -0.39 is 0 Å². The summed E-state index contributed by atoms with van der Waals surface area (Å²) < 4.78 is 0. The van der Waals surface area contributed by atoms with Gasteiger partial charge in [0, 0.05) is 0 Å². The van der Waals surface area contributed by atoms with Gasteiger partial charge in [-0.05, 0) is 5.92 Å². The molecule has 0 saturated carbocycles. The highest BCUT2D eigenvalue weighted by Crippen LogP contribution is 2.16. The molecule has 1 rings (SSSR count). The van der Waals surface area contributed by atoms with E-state index in [1.165, 1.54) is 0 Å². The molecule has 1 heterocycles. The van der Waals surface area contributed by atoms with Crippen molar-refractivity contribution in [3.8, 4) is 0 Å². The van der Waals surface area contributed by atoms with Crippen molar-refractivity contribution in [1.29, 1.82) is 0 Å². The van der Waals surface area contributed by atoms with E-state index in [4.69, 9.17) is 5.73 Å². The molecule has 1 aromatic heterocycles. The summed E-state index contributed by atoms with van der Waals surface area (Å²) in [6, 6.07) is -0.186. The summed E-state index contributed by atoms with van der Waals surface area (Å²) in [4.78, 5) is 13.2. The lowest BCUT2D eigenvalue weighted by atomic mass is 10.00. The smallest absolute Gasteiger partial charge is 0.321 e. The maximum atomic E-state index is 10.7. The highest BCUT2D eigenvalue weighted by atomic mass is 16.1. The van der Waals surface area contributed by atoms with E-state index in [0.29, 0.717) is 11.7 Å². The number of hydrogen-bond donors (Lipinski definition) is 3. The maximum Gasteiger partial charge on any atom is 0.340 e. The molecular formula is C7H14N4O. The van der Waals surface area contributed by atoms with Gasteiger partial charge in [-0.25, -0.2) is 9.89 Å². The number of hydrogen-bond acceptors (Lipinski definition) is 3. The maximum absolute atomic E-state index is 10.7. The van der Waals surface area contributed by atoms with Crippen LogP contribution in [0.3, 0.4) is 0 Å². The third-order valence-corrected chi connectivity index (χ3v) is 2.09. The van der Waals surface area contributed by atoms with Crippen LogP contribution in [-0.2, 0) is 0 Å². The predicted molar refractivity (Wildman–Crippen MR) is 45.6 cm³/mol. The predicted octanol–water partition coefficient (Wildman–Crippen LogP) is 0.144. The van der Waals surface area contributed by atoms with E-state index in [0.717, 1.165) is 6.42 Å². The average molecular weight is 170 g/mol. The second-order valence-electron chi connectivity index (χ2n) is 2.97. The fourth-order valence-corrected chi connectivity index (χ4v) is 0.965. The van der Waals surface area contributed by atoms with Crippen LogP contribution in [0.25, 0.3) is 0 Å². The fraction of sp³-hybridized carbons (Fsp3) is 0.714. The summed E-state index contributed by atoms with van der Waals surface area (Å²) in [5.74, 6) is 0.860. The molecule has 0 spiro atoms. The van der Waals surface area contributed by atoms with Crippen LogP contribution in [0.15, 0.2) is 4.79 Å². The van der Waals surface area contributed by atoms with E-state index in [2.05, 4.69) is 22.1 Å². The number of aromatic amines is 2. The number of nitrogens with two attached hydrogens (primary N) is 1. The van der Waals surface area contributed by atoms with Crippen LogP contribution in [-0.4, -0.2) is 15.2 Å². The highest BCUT2D eigenvalue weighted by molar-refractivity contribution is 4.91. The van der Waals surface area contributed by atoms with E-state index >= 15 is 0 Å². The van der Waals surface area contributed by atoms with Crippen LogP contribution < -0.4 is 11.4 Å². The Morgan fingerprint density at radius 2 is 2.33 bits per heavy atom. The van der Waals surface area contributed by atoms with E-state index in [9.17, 15) is 4.79 Å². The molecule has 0 amide bonds. The molecule has 5 heteroatoms. The minimum atomic E-state index is -0.302. The van der Waals surface area contributed by atoms with E-state index in [1.807, 2.05) is 6.92 Å². The Balaban J connectivity index is 2.77. The molecule has 0 unspecified atom stereocenters. The Morgan fingerprint density at radius 3 is 2.75 bits per heavy atom. The molecule has 5 nitrogen and oxygen atoms in total. The lowest BCUT2D eigenvalue weighted by molar-refractivity contribution is 0.440. The first-order chi connectivity index (χ1) is 5.65. The number of rotatable bonds is 3. The van der Waals surface area contributed by atoms with Crippen molar-refractivity contribution in [1.82, 2.24) is 15.2 Å². The molecule has 0 aliphatic rings. The van der Waals surface area contributed by atoms with Crippen molar-refractivity contribution >= 4 is 0 Å². The molecule has 0 aliphatic carbocycles. The molecule has 4 N–H and O–H groups in total. The summed E-state index contributed by atoms with van der Waals surface area (Å²) in [6.07, 6.45) is 0.968. The monoisotopic (exact) mass is 170 g/mol. The van der Waals surface area contributed by atoms with Gasteiger partial charge in [0.1, 0.15) is 5.82 Å². The topological polar surface area (TPSA) is 87.6 Å². The first kappa shape index (κ1) is 8.99. The Kier molecular flexibility index (Phi) is 2.65. The third kappa shape index (κ3) is 1.73. The van der Waals surface area contributed by atoms with E-state index in [-0.39, 0.29) is 11.7 Å². The number of nitrogens with one attached hydrogen (secondary N) is 2. The number of aromatic nitrogens is 3. The van der Waals surface area contributed by atoms with Gasteiger partial charge in [0.25, 0.3) is 0 Å². The minimum Gasteiger partial charge on any atom is -0.321 e. The van der Waals surface area contributed by atoms with Gasteiger partial charge in [0.2, 0.25) is 0 Å². The van der Waals surface area contributed by atoms with E-state index in [1.54, 1.807) is 0 Å². The summed E-state index contributed by atoms with van der Waals surface area (Å²) in [7, 11) is 0. The fourth-order valence-electron chi connectivity index (χ4n) is 0.965. The zero-order valence-electron chi connectivity index (χ0n) is 7.29. The van der Waals surface area contributed by atoms with Gasteiger partial charge in [-0.1, -0.05) is 20.3 Å². The van der Waals surface area contributed by atoms with Crippen LogP contribution in [0, 0.1) is 5.92 Å². The Bertz CT molecular complexity index is 290. The second-order valence-corrected chi connectivity index (χ2v) is 2.97. The number of H-pyrrole nitrogens is 2. The lowest BCUT2D eigenvalue weighted by Crippen LogP contribution is -2.20.